The van der Waals surface area contributed by atoms with Crippen LogP contribution in [0.25, 0.3) is 17.2 Å². The average molecular weight is 495 g/mol. The van der Waals surface area contributed by atoms with Crippen LogP contribution in [0.2, 0.25) is 0 Å². The third-order valence-corrected chi connectivity index (χ3v) is 6.58. The predicted octanol–water partition coefficient (Wildman–Crippen LogP) is 4.24. The lowest BCUT2D eigenvalue weighted by atomic mass is 9.95. The van der Waals surface area contributed by atoms with Gasteiger partial charge in [-0.1, -0.05) is 12.1 Å². The number of fused-ring (bicyclic) bond motifs is 1. The molecule has 0 spiro atoms. The molecule has 1 fully saturated rings. The summed E-state index contributed by atoms with van der Waals surface area (Å²) in [5.74, 6) is -0.0709. The summed E-state index contributed by atoms with van der Waals surface area (Å²) in [4.78, 5) is 15.2. The summed E-state index contributed by atoms with van der Waals surface area (Å²) in [6.07, 6.45) is 4.11. The Bertz CT molecular complexity index is 1260. The van der Waals surface area contributed by atoms with Gasteiger partial charge in [0, 0.05) is 50.1 Å². The molecular weight excluding hydrogens is 466 g/mol. The Morgan fingerprint density at radius 1 is 1.17 bits per heavy atom. The van der Waals surface area contributed by atoms with E-state index in [0.717, 1.165) is 66.5 Å². The number of Topliss-reactive ketones (excluding diaryl/α,β-unsaturated/α-hetero) is 1. The Morgan fingerprint density at radius 3 is 2.69 bits per heavy atom. The first-order chi connectivity index (χ1) is 17.5. The van der Waals surface area contributed by atoms with Gasteiger partial charge in [-0.25, -0.2) is 0 Å². The van der Waals surface area contributed by atoms with Crippen LogP contribution in [0, 0.1) is 0 Å². The van der Waals surface area contributed by atoms with E-state index in [9.17, 15) is 13.6 Å². The zero-order valence-corrected chi connectivity index (χ0v) is 20.0. The number of benzene rings is 2. The number of alkyl halides is 2. The van der Waals surface area contributed by atoms with Crippen molar-refractivity contribution in [2.24, 2.45) is 7.05 Å². The second-order valence-electron chi connectivity index (χ2n) is 8.96. The summed E-state index contributed by atoms with van der Waals surface area (Å²) < 4.78 is 36.5. The van der Waals surface area contributed by atoms with Crippen molar-refractivity contribution in [1.82, 2.24) is 20.0 Å². The number of halogens is 2. The number of nitrogens with zero attached hydrogens (tertiary/aromatic N) is 3. The molecule has 0 aliphatic carbocycles. The Kier molecular flexibility index (Phi) is 7.11. The topological polar surface area (TPSA) is 68.6 Å². The molecule has 3 aromatic rings. The fourth-order valence-electron chi connectivity index (χ4n) is 4.58. The molecule has 0 radical (unpaired) electrons. The molecule has 0 atom stereocenters. The van der Waals surface area contributed by atoms with E-state index in [1.807, 2.05) is 24.0 Å². The first kappa shape index (κ1) is 24.1. The van der Waals surface area contributed by atoms with Gasteiger partial charge in [-0.05, 0) is 53.1 Å². The van der Waals surface area contributed by atoms with Crippen LogP contribution in [0.1, 0.15) is 33.6 Å². The smallest absolute Gasteiger partial charge is 0.387 e. The van der Waals surface area contributed by atoms with Gasteiger partial charge in [-0.15, -0.1) is 0 Å². The maximum Gasteiger partial charge on any atom is 0.387 e. The van der Waals surface area contributed by atoms with Crippen LogP contribution in [0.15, 0.2) is 54.4 Å². The fourth-order valence-corrected chi connectivity index (χ4v) is 4.58. The number of ether oxygens (including phenoxy) is 2. The molecule has 2 aliphatic heterocycles. The summed E-state index contributed by atoms with van der Waals surface area (Å²) in [5, 5.41) is 7.84. The van der Waals surface area contributed by atoms with Crippen molar-refractivity contribution in [3.63, 3.8) is 0 Å². The molecule has 0 amide bonds. The van der Waals surface area contributed by atoms with Gasteiger partial charge < -0.3 is 14.8 Å². The normalized spacial score (nSPS) is 15.8. The second-order valence-corrected chi connectivity index (χ2v) is 8.96. The maximum absolute atomic E-state index is 12.8. The minimum Gasteiger partial charge on any atom is -0.435 e. The lowest BCUT2D eigenvalue weighted by Gasteiger charge is -2.27. The standard InChI is InChI=1S/C27H28F2N4O3/c1-32-25(17-33-8-10-35-11-9-33)24(16-31-32)19-2-3-20-15-30-22(13-21(20)12-19)14-26(34)18-4-6-23(7-5-18)36-27(28)29/h2-7,12-13,16,27,30H,8-11,14-15,17H2,1H3. The predicted molar refractivity (Wildman–Crippen MR) is 132 cm³/mol. The quantitative estimate of drug-likeness (QED) is 0.473. The largest absolute Gasteiger partial charge is 0.435 e. The van der Waals surface area contributed by atoms with E-state index in [2.05, 4.69) is 38.3 Å². The molecule has 0 bridgehead atoms. The number of hydrogen-bond donors (Lipinski definition) is 1. The summed E-state index contributed by atoms with van der Waals surface area (Å²) in [6.45, 7) is 1.85. The van der Waals surface area contributed by atoms with Crippen LogP contribution in [0.5, 0.6) is 5.75 Å². The van der Waals surface area contributed by atoms with E-state index in [0.29, 0.717) is 12.1 Å². The van der Waals surface area contributed by atoms with Crippen molar-refractivity contribution in [3.05, 3.63) is 76.7 Å². The van der Waals surface area contributed by atoms with Gasteiger partial charge in [0.15, 0.2) is 5.78 Å². The summed E-state index contributed by atoms with van der Waals surface area (Å²) in [6, 6.07) is 12.2. The number of ketones is 1. The monoisotopic (exact) mass is 494 g/mol. The lowest BCUT2D eigenvalue weighted by Crippen LogP contribution is -2.36. The Hall–Kier alpha value is -3.56. The highest BCUT2D eigenvalue weighted by molar-refractivity contribution is 5.98. The van der Waals surface area contributed by atoms with E-state index in [4.69, 9.17) is 4.74 Å². The van der Waals surface area contributed by atoms with Crippen molar-refractivity contribution in [1.29, 1.82) is 0 Å². The summed E-state index contributed by atoms with van der Waals surface area (Å²) in [7, 11) is 1.97. The summed E-state index contributed by atoms with van der Waals surface area (Å²) >= 11 is 0. The molecule has 1 aromatic heterocycles. The molecule has 3 heterocycles. The van der Waals surface area contributed by atoms with Crippen molar-refractivity contribution >= 4 is 11.9 Å². The summed E-state index contributed by atoms with van der Waals surface area (Å²) in [5.41, 5.74) is 6.83. The van der Waals surface area contributed by atoms with Crippen LogP contribution >= 0.6 is 0 Å². The van der Waals surface area contributed by atoms with Crippen LogP contribution in [-0.4, -0.2) is 53.4 Å². The second kappa shape index (κ2) is 10.6. The first-order valence-corrected chi connectivity index (χ1v) is 11.9. The van der Waals surface area contributed by atoms with Crippen LogP contribution in [0.4, 0.5) is 8.78 Å². The third-order valence-electron chi connectivity index (χ3n) is 6.58. The minimum absolute atomic E-state index is 0.0291. The van der Waals surface area contributed by atoms with Crippen LogP contribution in [-0.2, 0) is 24.9 Å². The highest BCUT2D eigenvalue weighted by Crippen LogP contribution is 2.30. The maximum atomic E-state index is 12.8. The molecule has 2 aromatic carbocycles. The van der Waals surface area contributed by atoms with Gasteiger partial charge in [0.05, 0.1) is 31.5 Å². The molecule has 1 N–H and O–H groups in total. The van der Waals surface area contributed by atoms with Gasteiger partial charge >= 0.3 is 6.61 Å². The van der Waals surface area contributed by atoms with Gasteiger partial charge in [0.2, 0.25) is 0 Å². The molecule has 1 saturated heterocycles. The zero-order valence-electron chi connectivity index (χ0n) is 20.0. The Morgan fingerprint density at radius 2 is 1.94 bits per heavy atom. The molecule has 188 valence electrons. The third kappa shape index (κ3) is 5.47. The number of rotatable bonds is 8. The number of nitrogens with one attached hydrogen (secondary N) is 1. The van der Waals surface area contributed by atoms with E-state index in [1.165, 1.54) is 24.3 Å². The number of carbonyl (C=O) groups excluding carboxylic acids is 1. The van der Waals surface area contributed by atoms with E-state index < -0.39 is 6.61 Å². The van der Waals surface area contributed by atoms with Gasteiger partial charge in [0.1, 0.15) is 5.75 Å². The Balaban J connectivity index is 1.33. The molecule has 5 rings (SSSR count). The highest BCUT2D eigenvalue weighted by atomic mass is 19.3. The molecule has 0 unspecified atom stereocenters. The number of aryl methyl sites for hydroxylation is 1. The van der Waals surface area contributed by atoms with Crippen molar-refractivity contribution in [3.8, 4) is 16.9 Å². The van der Waals surface area contributed by atoms with Gasteiger partial charge in [-0.2, -0.15) is 13.9 Å². The average Bonchev–Trinajstić information content (AvgIpc) is 3.24. The number of carbonyl (C=O) groups is 1. The van der Waals surface area contributed by atoms with Gasteiger partial charge in [0.25, 0.3) is 0 Å². The molecule has 36 heavy (non-hydrogen) atoms. The van der Waals surface area contributed by atoms with E-state index >= 15 is 0 Å². The van der Waals surface area contributed by atoms with Crippen molar-refractivity contribution in [2.45, 2.75) is 26.1 Å². The zero-order chi connectivity index (χ0) is 25.1. The lowest BCUT2D eigenvalue weighted by molar-refractivity contribution is -0.0498. The van der Waals surface area contributed by atoms with Crippen LogP contribution < -0.4 is 10.1 Å². The molecule has 2 aliphatic rings. The molecule has 7 nitrogen and oxygen atoms in total. The van der Waals surface area contributed by atoms with E-state index in [1.54, 1.807) is 0 Å². The minimum atomic E-state index is -2.89. The van der Waals surface area contributed by atoms with E-state index in [-0.39, 0.29) is 18.0 Å². The Labute approximate surface area is 208 Å². The number of aromatic nitrogens is 2. The number of morpholine rings is 1. The fraction of sp³-hybridized carbons (Fsp3) is 0.333. The molecular formula is C27H28F2N4O3. The first-order valence-electron chi connectivity index (χ1n) is 11.9. The number of hydrogen-bond acceptors (Lipinski definition) is 6. The van der Waals surface area contributed by atoms with Crippen molar-refractivity contribution < 1.29 is 23.0 Å². The SMILES string of the molecule is Cn1ncc(-c2ccc3c(c2)C=C(CC(=O)c2ccc(OC(F)F)cc2)NC3)c1CN1CCOCC1. The highest BCUT2D eigenvalue weighted by Gasteiger charge is 2.19. The molecule has 9 heteroatoms. The van der Waals surface area contributed by atoms with Gasteiger partial charge in [-0.3, -0.25) is 14.4 Å². The van der Waals surface area contributed by atoms with Crippen molar-refractivity contribution in [2.75, 3.05) is 26.3 Å². The van der Waals surface area contributed by atoms with Crippen LogP contribution in [0.3, 0.4) is 0 Å². The number of allylic oxidation sites excluding steroid dienone is 1. The molecule has 0 saturated carbocycles.